The number of aryl methyl sites for hydroxylation is 1. The van der Waals surface area contributed by atoms with Gasteiger partial charge in [-0.3, -0.25) is 0 Å². The van der Waals surface area contributed by atoms with Gasteiger partial charge >= 0.3 is 5.97 Å². The van der Waals surface area contributed by atoms with Crippen LogP contribution in [0.5, 0.6) is 5.75 Å². The molecule has 0 amide bonds. The van der Waals surface area contributed by atoms with E-state index in [4.69, 9.17) is 9.84 Å². The summed E-state index contributed by atoms with van der Waals surface area (Å²) in [6, 6.07) is 14.6. The van der Waals surface area contributed by atoms with Crippen molar-refractivity contribution in [3.05, 3.63) is 59.7 Å². The minimum absolute atomic E-state index is 0.267. The summed E-state index contributed by atoms with van der Waals surface area (Å²) >= 11 is 0. The average molecular weight is 271 g/mol. The van der Waals surface area contributed by atoms with Crippen molar-refractivity contribution in [3.8, 4) is 5.75 Å². The summed E-state index contributed by atoms with van der Waals surface area (Å²) in [4.78, 5) is 11.0. The van der Waals surface area contributed by atoms with E-state index in [0.717, 1.165) is 11.3 Å². The molecule has 104 valence electrons. The molecule has 4 heteroatoms. The number of hydrogen-bond donors (Lipinski definition) is 2. The maximum absolute atomic E-state index is 11.0. The first kappa shape index (κ1) is 13.9. The van der Waals surface area contributed by atoms with Gasteiger partial charge in [0.05, 0.1) is 5.56 Å². The van der Waals surface area contributed by atoms with Crippen LogP contribution < -0.4 is 10.1 Å². The Balaban J connectivity index is 1.86. The molecule has 0 aromatic heterocycles. The molecule has 2 aromatic carbocycles. The number of carbonyl (C=O) groups is 1. The van der Waals surface area contributed by atoms with Gasteiger partial charge in [0, 0.05) is 12.2 Å². The lowest BCUT2D eigenvalue weighted by atomic mass is 10.2. The van der Waals surface area contributed by atoms with Crippen LogP contribution in [-0.2, 0) is 0 Å². The summed E-state index contributed by atoms with van der Waals surface area (Å²) in [5, 5.41) is 12.1. The first-order valence-corrected chi connectivity index (χ1v) is 6.42. The summed E-state index contributed by atoms with van der Waals surface area (Å²) in [5.41, 5.74) is 2.02. The van der Waals surface area contributed by atoms with Crippen LogP contribution in [0.1, 0.15) is 15.9 Å². The second-order valence-electron chi connectivity index (χ2n) is 4.44. The van der Waals surface area contributed by atoms with Crippen molar-refractivity contribution in [2.75, 3.05) is 18.5 Å². The maximum atomic E-state index is 11.0. The molecule has 0 bridgehead atoms. The van der Waals surface area contributed by atoms with E-state index in [-0.39, 0.29) is 5.56 Å². The molecule has 2 rings (SSSR count). The predicted molar refractivity (Wildman–Crippen MR) is 78.6 cm³/mol. The van der Waals surface area contributed by atoms with Gasteiger partial charge in [0.15, 0.2) is 0 Å². The minimum Gasteiger partial charge on any atom is -0.492 e. The van der Waals surface area contributed by atoms with Gasteiger partial charge in [-0.15, -0.1) is 0 Å². The number of carboxylic acid groups (broad SMARTS) is 1. The summed E-state index contributed by atoms with van der Waals surface area (Å²) in [6.45, 7) is 3.02. The standard InChI is InChI=1S/C16H17NO3/c1-12-5-4-6-13(11-12)20-10-9-17-15-8-3-2-7-14(15)16(18)19/h2-8,11,17H,9-10H2,1H3,(H,18,19). The number of ether oxygens (including phenoxy) is 1. The molecule has 0 fully saturated rings. The van der Waals surface area contributed by atoms with Gasteiger partial charge in [0.25, 0.3) is 0 Å². The van der Waals surface area contributed by atoms with Crippen LogP contribution in [0.4, 0.5) is 5.69 Å². The summed E-state index contributed by atoms with van der Waals surface area (Å²) in [7, 11) is 0. The van der Waals surface area contributed by atoms with Crippen LogP contribution in [0.3, 0.4) is 0 Å². The first-order chi connectivity index (χ1) is 9.66. The maximum Gasteiger partial charge on any atom is 0.337 e. The van der Waals surface area contributed by atoms with E-state index >= 15 is 0 Å². The highest BCUT2D eigenvalue weighted by Gasteiger charge is 2.07. The highest BCUT2D eigenvalue weighted by Crippen LogP contribution is 2.15. The molecule has 0 saturated carbocycles. The zero-order valence-corrected chi connectivity index (χ0v) is 11.3. The highest BCUT2D eigenvalue weighted by atomic mass is 16.5. The monoisotopic (exact) mass is 271 g/mol. The first-order valence-electron chi connectivity index (χ1n) is 6.42. The molecule has 2 aromatic rings. The zero-order chi connectivity index (χ0) is 14.4. The molecule has 0 aliphatic rings. The summed E-state index contributed by atoms with van der Waals surface area (Å²) in [6.07, 6.45) is 0. The third-order valence-corrected chi connectivity index (χ3v) is 2.83. The van der Waals surface area contributed by atoms with E-state index in [1.54, 1.807) is 24.3 Å². The molecule has 0 spiro atoms. The van der Waals surface area contributed by atoms with Gasteiger partial charge in [0.1, 0.15) is 12.4 Å². The molecular formula is C16H17NO3. The van der Waals surface area contributed by atoms with Crippen LogP contribution in [-0.4, -0.2) is 24.2 Å². The number of nitrogens with one attached hydrogen (secondary N) is 1. The van der Waals surface area contributed by atoms with E-state index in [1.807, 2.05) is 31.2 Å². The number of para-hydroxylation sites is 1. The van der Waals surface area contributed by atoms with Gasteiger partial charge in [0.2, 0.25) is 0 Å². The van der Waals surface area contributed by atoms with Crippen molar-refractivity contribution in [3.63, 3.8) is 0 Å². The van der Waals surface area contributed by atoms with Crippen molar-refractivity contribution >= 4 is 11.7 Å². The molecule has 20 heavy (non-hydrogen) atoms. The summed E-state index contributed by atoms with van der Waals surface area (Å²) in [5.74, 6) is -0.119. The van der Waals surface area contributed by atoms with Crippen LogP contribution in [0, 0.1) is 6.92 Å². The van der Waals surface area contributed by atoms with Gasteiger partial charge in [-0.2, -0.15) is 0 Å². The quantitative estimate of drug-likeness (QED) is 0.792. The lowest BCUT2D eigenvalue weighted by Crippen LogP contribution is -2.13. The Labute approximate surface area is 118 Å². The normalized spacial score (nSPS) is 10.1. The Morgan fingerprint density at radius 3 is 2.75 bits per heavy atom. The smallest absolute Gasteiger partial charge is 0.337 e. The van der Waals surface area contributed by atoms with Crippen LogP contribution >= 0.6 is 0 Å². The second-order valence-corrected chi connectivity index (χ2v) is 4.44. The molecule has 0 aliphatic carbocycles. The Morgan fingerprint density at radius 2 is 2.00 bits per heavy atom. The fraction of sp³-hybridized carbons (Fsp3) is 0.188. The van der Waals surface area contributed by atoms with Crippen LogP contribution in [0.15, 0.2) is 48.5 Å². The molecule has 0 heterocycles. The van der Waals surface area contributed by atoms with Crippen LogP contribution in [0.2, 0.25) is 0 Å². The van der Waals surface area contributed by atoms with Crippen molar-refractivity contribution < 1.29 is 14.6 Å². The zero-order valence-electron chi connectivity index (χ0n) is 11.3. The van der Waals surface area contributed by atoms with Crippen molar-refractivity contribution in [1.29, 1.82) is 0 Å². The number of hydrogen-bond acceptors (Lipinski definition) is 3. The molecule has 0 unspecified atom stereocenters. The number of aromatic carboxylic acids is 1. The minimum atomic E-state index is -0.937. The van der Waals surface area contributed by atoms with E-state index in [1.165, 1.54) is 0 Å². The third kappa shape index (κ3) is 3.75. The second kappa shape index (κ2) is 6.61. The molecular weight excluding hydrogens is 254 g/mol. The van der Waals surface area contributed by atoms with Gasteiger partial charge in [-0.25, -0.2) is 4.79 Å². The molecule has 0 aliphatic heterocycles. The Bertz CT molecular complexity index is 596. The Kier molecular flexibility index (Phi) is 4.60. The average Bonchev–Trinajstić information content (AvgIpc) is 2.44. The molecule has 0 radical (unpaired) electrons. The van der Waals surface area contributed by atoms with Gasteiger partial charge in [-0.05, 0) is 36.8 Å². The predicted octanol–water partition coefficient (Wildman–Crippen LogP) is 3.18. The van der Waals surface area contributed by atoms with E-state index in [9.17, 15) is 4.79 Å². The van der Waals surface area contributed by atoms with Crippen molar-refractivity contribution in [1.82, 2.24) is 0 Å². The third-order valence-electron chi connectivity index (χ3n) is 2.83. The Morgan fingerprint density at radius 1 is 1.20 bits per heavy atom. The lowest BCUT2D eigenvalue weighted by Gasteiger charge is -2.10. The van der Waals surface area contributed by atoms with Crippen molar-refractivity contribution in [2.45, 2.75) is 6.92 Å². The molecule has 0 saturated heterocycles. The highest BCUT2D eigenvalue weighted by molar-refractivity contribution is 5.94. The number of rotatable bonds is 6. The van der Waals surface area contributed by atoms with Gasteiger partial charge < -0.3 is 15.2 Å². The summed E-state index contributed by atoms with van der Waals surface area (Å²) < 4.78 is 5.60. The number of benzene rings is 2. The SMILES string of the molecule is Cc1cccc(OCCNc2ccccc2C(=O)O)c1. The lowest BCUT2D eigenvalue weighted by molar-refractivity contribution is 0.0698. The van der Waals surface area contributed by atoms with E-state index in [0.29, 0.717) is 18.8 Å². The fourth-order valence-electron chi connectivity index (χ4n) is 1.88. The van der Waals surface area contributed by atoms with Gasteiger partial charge in [-0.1, -0.05) is 24.3 Å². The fourth-order valence-corrected chi connectivity index (χ4v) is 1.88. The van der Waals surface area contributed by atoms with E-state index in [2.05, 4.69) is 5.32 Å². The Hall–Kier alpha value is -2.49. The molecule has 2 N–H and O–H groups in total. The van der Waals surface area contributed by atoms with E-state index < -0.39 is 5.97 Å². The van der Waals surface area contributed by atoms with Crippen LogP contribution in [0.25, 0.3) is 0 Å². The molecule has 4 nitrogen and oxygen atoms in total. The largest absolute Gasteiger partial charge is 0.492 e. The topological polar surface area (TPSA) is 58.6 Å². The number of carboxylic acids is 1. The number of anilines is 1. The van der Waals surface area contributed by atoms with Crippen molar-refractivity contribution in [2.24, 2.45) is 0 Å². The molecule has 0 atom stereocenters.